The molecule has 0 saturated heterocycles. The van der Waals surface area contributed by atoms with Gasteiger partial charge in [-0.2, -0.15) is 11.8 Å². The van der Waals surface area contributed by atoms with Crippen molar-refractivity contribution in [1.29, 1.82) is 0 Å². The normalized spacial score (nSPS) is 12.1. The standard InChI is InChI=1S/C14H21NO2S2/c1-12(9-16)10-18-11-14(17)15-7-8-19-13-5-3-2-4-6-13/h2-6,12,16H,7-11H2,1H3,(H,15,17). The van der Waals surface area contributed by atoms with Gasteiger partial charge in [-0.1, -0.05) is 25.1 Å². The highest BCUT2D eigenvalue weighted by Gasteiger charge is 2.04. The third-order valence-corrected chi connectivity index (χ3v) is 4.67. The lowest BCUT2D eigenvalue weighted by atomic mass is 10.2. The summed E-state index contributed by atoms with van der Waals surface area (Å²) in [6.45, 7) is 2.85. The van der Waals surface area contributed by atoms with E-state index in [0.717, 1.165) is 11.5 Å². The number of amides is 1. The minimum atomic E-state index is 0.0730. The Hall–Kier alpha value is -0.650. The van der Waals surface area contributed by atoms with E-state index in [1.807, 2.05) is 25.1 Å². The molecule has 1 unspecified atom stereocenters. The van der Waals surface area contributed by atoms with Crippen LogP contribution >= 0.6 is 23.5 Å². The van der Waals surface area contributed by atoms with E-state index >= 15 is 0 Å². The second-order valence-electron chi connectivity index (χ2n) is 4.31. The third-order valence-electron chi connectivity index (χ3n) is 2.38. The Bertz CT molecular complexity index is 360. The van der Waals surface area contributed by atoms with Gasteiger partial charge in [0.1, 0.15) is 0 Å². The van der Waals surface area contributed by atoms with E-state index in [2.05, 4.69) is 17.4 Å². The van der Waals surface area contributed by atoms with E-state index in [1.54, 1.807) is 23.5 Å². The molecule has 2 N–H and O–H groups in total. The van der Waals surface area contributed by atoms with Gasteiger partial charge < -0.3 is 10.4 Å². The summed E-state index contributed by atoms with van der Waals surface area (Å²) < 4.78 is 0. The van der Waals surface area contributed by atoms with E-state index in [9.17, 15) is 4.79 Å². The highest BCUT2D eigenvalue weighted by atomic mass is 32.2. The highest BCUT2D eigenvalue weighted by Crippen LogP contribution is 2.15. The Morgan fingerprint density at radius 1 is 1.37 bits per heavy atom. The van der Waals surface area contributed by atoms with Crippen molar-refractivity contribution in [2.75, 3.05) is 30.4 Å². The maximum atomic E-state index is 11.5. The van der Waals surface area contributed by atoms with Crippen molar-refractivity contribution in [2.24, 2.45) is 5.92 Å². The number of aliphatic hydroxyl groups excluding tert-OH is 1. The maximum absolute atomic E-state index is 11.5. The average molecular weight is 299 g/mol. The molecule has 1 atom stereocenters. The van der Waals surface area contributed by atoms with Gasteiger partial charge in [0, 0.05) is 23.8 Å². The summed E-state index contributed by atoms with van der Waals surface area (Å²) in [5.41, 5.74) is 0. The first-order valence-corrected chi connectivity index (χ1v) is 8.49. The summed E-state index contributed by atoms with van der Waals surface area (Å²) >= 11 is 3.31. The molecule has 19 heavy (non-hydrogen) atoms. The second-order valence-corrected chi connectivity index (χ2v) is 6.51. The minimum Gasteiger partial charge on any atom is -0.396 e. The molecule has 0 aromatic heterocycles. The predicted molar refractivity (Wildman–Crippen MR) is 83.8 cm³/mol. The molecule has 0 heterocycles. The van der Waals surface area contributed by atoms with Crippen LogP contribution in [0.15, 0.2) is 35.2 Å². The molecule has 0 spiro atoms. The fourth-order valence-electron chi connectivity index (χ4n) is 1.33. The zero-order valence-electron chi connectivity index (χ0n) is 11.2. The van der Waals surface area contributed by atoms with Crippen LogP contribution in [-0.2, 0) is 4.79 Å². The minimum absolute atomic E-state index is 0.0730. The molecule has 0 aliphatic rings. The number of rotatable bonds is 9. The van der Waals surface area contributed by atoms with E-state index in [4.69, 9.17) is 5.11 Å². The van der Waals surface area contributed by atoms with Crippen LogP contribution in [0.4, 0.5) is 0 Å². The number of carbonyl (C=O) groups is 1. The van der Waals surface area contributed by atoms with Crippen LogP contribution in [0.25, 0.3) is 0 Å². The number of carbonyl (C=O) groups excluding carboxylic acids is 1. The molecule has 0 bridgehead atoms. The fourth-order valence-corrected chi connectivity index (χ4v) is 3.04. The van der Waals surface area contributed by atoms with Crippen molar-refractivity contribution in [1.82, 2.24) is 5.32 Å². The SMILES string of the molecule is CC(CO)CSCC(=O)NCCSc1ccccc1. The molecular formula is C14H21NO2S2. The summed E-state index contributed by atoms with van der Waals surface area (Å²) in [5, 5.41) is 11.8. The molecular weight excluding hydrogens is 278 g/mol. The molecule has 106 valence electrons. The summed E-state index contributed by atoms with van der Waals surface area (Å²) in [7, 11) is 0. The zero-order valence-corrected chi connectivity index (χ0v) is 12.8. The largest absolute Gasteiger partial charge is 0.396 e. The first kappa shape index (κ1) is 16.4. The Kier molecular flexibility index (Phi) is 8.79. The molecule has 0 saturated carbocycles. The monoisotopic (exact) mass is 299 g/mol. The summed E-state index contributed by atoms with van der Waals surface area (Å²) in [4.78, 5) is 12.7. The first-order chi connectivity index (χ1) is 9.22. The molecule has 1 amide bonds. The summed E-state index contributed by atoms with van der Waals surface area (Å²) in [5.74, 6) is 2.51. The smallest absolute Gasteiger partial charge is 0.230 e. The van der Waals surface area contributed by atoms with Crippen LogP contribution in [0, 0.1) is 5.92 Å². The predicted octanol–water partition coefficient (Wildman–Crippen LogP) is 2.26. The van der Waals surface area contributed by atoms with Crippen LogP contribution in [0.1, 0.15) is 6.92 Å². The van der Waals surface area contributed by atoms with Gasteiger partial charge in [0.25, 0.3) is 0 Å². The second kappa shape index (κ2) is 10.2. The van der Waals surface area contributed by atoms with Crippen LogP contribution in [0.2, 0.25) is 0 Å². The summed E-state index contributed by atoms with van der Waals surface area (Å²) in [6, 6.07) is 10.2. The van der Waals surface area contributed by atoms with Gasteiger partial charge >= 0.3 is 0 Å². The lowest BCUT2D eigenvalue weighted by Gasteiger charge is -2.07. The Labute approximate surface area is 123 Å². The first-order valence-electron chi connectivity index (χ1n) is 6.35. The number of hydrogen-bond acceptors (Lipinski definition) is 4. The van der Waals surface area contributed by atoms with Crippen molar-refractivity contribution < 1.29 is 9.90 Å². The maximum Gasteiger partial charge on any atom is 0.230 e. The Balaban J connectivity index is 2.01. The van der Waals surface area contributed by atoms with Gasteiger partial charge in [0.15, 0.2) is 0 Å². The van der Waals surface area contributed by atoms with E-state index in [-0.39, 0.29) is 18.4 Å². The van der Waals surface area contributed by atoms with E-state index in [1.165, 1.54) is 4.90 Å². The number of hydrogen-bond donors (Lipinski definition) is 2. The Morgan fingerprint density at radius 2 is 2.11 bits per heavy atom. The Morgan fingerprint density at radius 3 is 2.79 bits per heavy atom. The van der Waals surface area contributed by atoms with Crippen molar-refractivity contribution in [2.45, 2.75) is 11.8 Å². The van der Waals surface area contributed by atoms with Crippen molar-refractivity contribution in [3.8, 4) is 0 Å². The van der Waals surface area contributed by atoms with Gasteiger partial charge in [0.05, 0.1) is 5.75 Å². The van der Waals surface area contributed by atoms with Gasteiger partial charge in [-0.3, -0.25) is 4.79 Å². The van der Waals surface area contributed by atoms with Gasteiger partial charge in [-0.05, 0) is 23.8 Å². The lowest BCUT2D eigenvalue weighted by molar-refractivity contribution is -0.118. The molecule has 1 aromatic carbocycles. The number of aliphatic hydroxyl groups is 1. The molecule has 0 radical (unpaired) electrons. The van der Waals surface area contributed by atoms with Crippen molar-refractivity contribution in [3.05, 3.63) is 30.3 Å². The molecule has 0 aliphatic heterocycles. The average Bonchev–Trinajstić information content (AvgIpc) is 2.44. The van der Waals surface area contributed by atoms with Crippen LogP contribution in [0.3, 0.4) is 0 Å². The number of thioether (sulfide) groups is 2. The molecule has 0 fully saturated rings. The fraction of sp³-hybridized carbons (Fsp3) is 0.500. The van der Waals surface area contributed by atoms with E-state index < -0.39 is 0 Å². The van der Waals surface area contributed by atoms with Gasteiger partial charge in [-0.15, -0.1) is 11.8 Å². The number of benzene rings is 1. The third kappa shape index (κ3) is 8.18. The molecule has 0 aliphatic carbocycles. The van der Waals surface area contributed by atoms with Gasteiger partial charge in [-0.25, -0.2) is 0 Å². The molecule has 5 heteroatoms. The van der Waals surface area contributed by atoms with Gasteiger partial charge in [0.2, 0.25) is 5.91 Å². The van der Waals surface area contributed by atoms with Crippen LogP contribution < -0.4 is 5.32 Å². The van der Waals surface area contributed by atoms with Crippen LogP contribution in [-0.4, -0.2) is 41.4 Å². The van der Waals surface area contributed by atoms with Crippen molar-refractivity contribution in [3.63, 3.8) is 0 Å². The summed E-state index contributed by atoms with van der Waals surface area (Å²) in [6.07, 6.45) is 0. The molecule has 1 rings (SSSR count). The zero-order chi connectivity index (χ0) is 13.9. The van der Waals surface area contributed by atoms with E-state index in [0.29, 0.717) is 12.3 Å². The topological polar surface area (TPSA) is 49.3 Å². The molecule has 1 aromatic rings. The number of nitrogens with one attached hydrogen (secondary N) is 1. The van der Waals surface area contributed by atoms with Crippen LogP contribution in [0.5, 0.6) is 0 Å². The molecule has 3 nitrogen and oxygen atoms in total. The quantitative estimate of drug-likeness (QED) is 0.542. The highest BCUT2D eigenvalue weighted by molar-refractivity contribution is 8.00. The lowest BCUT2D eigenvalue weighted by Crippen LogP contribution is -2.27. The van der Waals surface area contributed by atoms with Crippen molar-refractivity contribution >= 4 is 29.4 Å².